The molecule has 1 fully saturated rings. The fourth-order valence-electron chi connectivity index (χ4n) is 2.96. The number of likely N-dealkylation sites (N-methyl/N-ethyl adjacent to an activating group) is 1. The quantitative estimate of drug-likeness (QED) is 0.846. The lowest BCUT2D eigenvalue weighted by atomic mass is 9.98. The zero-order chi connectivity index (χ0) is 16.9. The summed E-state index contributed by atoms with van der Waals surface area (Å²) in [5.74, 6) is -0.345. The van der Waals surface area contributed by atoms with Gasteiger partial charge < -0.3 is 5.32 Å². The largest absolute Gasteiger partial charge is 0.348 e. The fourth-order valence-corrected chi connectivity index (χ4v) is 2.96. The van der Waals surface area contributed by atoms with Crippen LogP contribution in [0.15, 0.2) is 54.6 Å². The van der Waals surface area contributed by atoms with Crippen molar-refractivity contribution in [1.29, 1.82) is 0 Å². The second-order valence-electron chi connectivity index (χ2n) is 6.48. The summed E-state index contributed by atoms with van der Waals surface area (Å²) in [5, 5.41) is 3.02. The van der Waals surface area contributed by atoms with Gasteiger partial charge in [-0.15, -0.1) is 0 Å². The van der Waals surface area contributed by atoms with Crippen molar-refractivity contribution in [2.75, 3.05) is 13.6 Å². The van der Waals surface area contributed by atoms with Gasteiger partial charge in [0.1, 0.15) is 5.82 Å². The highest BCUT2D eigenvalue weighted by molar-refractivity contribution is 5.78. The molecule has 0 saturated heterocycles. The number of amides is 1. The average molecular weight is 326 g/mol. The van der Waals surface area contributed by atoms with Crippen LogP contribution in [0.4, 0.5) is 4.39 Å². The topological polar surface area (TPSA) is 32.3 Å². The molecule has 0 heterocycles. The van der Waals surface area contributed by atoms with E-state index < -0.39 is 0 Å². The van der Waals surface area contributed by atoms with Crippen LogP contribution in [0.5, 0.6) is 0 Å². The van der Waals surface area contributed by atoms with Crippen LogP contribution in [0.2, 0.25) is 0 Å². The Balaban J connectivity index is 1.74. The molecule has 0 bridgehead atoms. The first kappa shape index (κ1) is 16.7. The molecule has 3 nitrogen and oxygen atoms in total. The number of halogens is 1. The molecule has 1 amide bonds. The normalized spacial score (nSPS) is 15.3. The lowest BCUT2D eigenvalue weighted by Crippen LogP contribution is -2.39. The van der Waals surface area contributed by atoms with Crippen molar-refractivity contribution < 1.29 is 9.18 Å². The van der Waals surface area contributed by atoms with Gasteiger partial charge >= 0.3 is 0 Å². The summed E-state index contributed by atoms with van der Waals surface area (Å²) in [6.45, 7) is 0.352. The highest BCUT2D eigenvalue weighted by atomic mass is 19.1. The number of carbonyl (C=O) groups excluding carboxylic acids is 1. The summed E-state index contributed by atoms with van der Waals surface area (Å²) in [7, 11) is 1.96. The molecule has 4 heteroatoms. The fraction of sp³-hybridized carbons (Fsp3) is 0.350. The number of nitrogens with one attached hydrogen (secondary N) is 1. The molecular formula is C20H23FN2O. The molecule has 0 aromatic heterocycles. The first-order chi connectivity index (χ1) is 11.6. The molecule has 1 unspecified atom stereocenters. The van der Waals surface area contributed by atoms with E-state index in [1.165, 1.54) is 6.07 Å². The summed E-state index contributed by atoms with van der Waals surface area (Å²) in [6, 6.07) is 16.7. The van der Waals surface area contributed by atoms with E-state index in [0.29, 0.717) is 24.6 Å². The Bertz CT molecular complexity index is 685. The Morgan fingerprint density at radius 1 is 1.17 bits per heavy atom. The third kappa shape index (κ3) is 4.42. The molecule has 24 heavy (non-hydrogen) atoms. The molecule has 1 saturated carbocycles. The second-order valence-corrected chi connectivity index (χ2v) is 6.48. The predicted octanol–water partition coefficient (Wildman–Crippen LogP) is 3.32. The SMILES string of the molecule is CN(CC(=O)NC(Cc1ccccc1)c1ccccc1F)C1CC1. The van der Waals surface area contributed by atoms with Gasteiger partial charge in [0.25, 0.3) is 0 Å². The third-order valence-corrected chi connectivity index (χ3v) is 4.46. The van der Waals surface area contributed by atoms with Gasteiger partial charge in [-0.3, -0.25) is 9.69 Å². The highest BCUT2D eigenvalue weighted by Crippen LogP contribution is 2.25. The van der Waals surface area contributed by atoms with E-state index in [0.717, 1.165) is 18.4 Å². The Morgan fingerprint density at radius 3 is 2.50 bits per heavy atom. The van der Waals surface area contributed by atoms with Gasteiger partial charge in [0, 0.05) is 11.6 Å². The summed E-state index contributed by atoms with van der Waals surface area (Å²) < 4.78 is 14.2. The molecule has 126 valence electrons. The summed E-state index contributed by atoms with van der Waals surface area (Å²) in [4.78, 5) is 14.5. The summed E-state index contributed by atoms with van der Waals surface area (Å²) >= 11 is 0. The molecule has 2 aromatic carbocycles. The summed E-state index contributed by atoms with van der Waals surface area (Å²) in [6.07, 6.45) is 2.88. The maximum Gasteiger partial charge on any atom is 0.234 e. The minimum atomic E-state index is -0.367. The van der Waals surface area contributed by atoms with Crippen LogP contribution in [-0.2, 0) is 11.2 Å². The number of rotatable bonds is 7. The van der Waals surface area contributed by atoms with E-state index in [9.17, 15) is 9.18 Å². The van der Waals surface area contributed by atoms with Crippen LogP contribution in [0.3, 0.4) is 0 Å². The van der Waals surface area contributed by atoms with Crippen molar-refractivity contribution in [2.24, 2.45) is 0 Å². The van der Waals surface area contributed by atoms with Crippen LogP contribution in [0, 0.1) is 5.82 Å². The van der Waals surface area contributed by atoms with E-state index in [1.54, 1.807) is 18.2 Å². The van der Waals surface area contributed by atoms with Crippen molar-refractivity contribution in [1.82, 2.24) is 10.2 Å². The number of carbonyl (C=O) groups is 1. The zero-order valence-corrected chi connectivity index (χ0v) is 13.9. The Morgan fingerprint density at radius 2 is 1.83 bits per heavy atom. The van der Waals surface area contributed by atoms with Crippen LogP contribution < -0.4 is 5.32 Å². The van der Waals surface area contributed by atoms with E-state index in [4.69, 9.17) is 0 Å². The molecule has 1 atom stereocenters. The molecule has 2 aromatic rings. The van der Waals surface area contributed by atoms with Crippen molar-refractivity contribution >= 4 is 5.91 Å². The average Bonchev–Trinajstić information content (AvgIpc) is 3.40. The smallest absolute Gasteiger partial charge is 0.234 e. The first-order valence-corrected chi connectivity index (χ1v) is 8.41. The van der Waals surface area contributed by atoms with Crippen molar-refractivity contribution in [2.45, 2.75) is 31.3 Å². The van der Waals surface area contributed by atoms with Crippen LogP contribution >= 0.6 is 0 Å². The van der Waals surface area contributed by atoms with Crippen LogP contribution in [0.25, 0.3) is 0 Å². The summed E-state index contributed by atoms with van der Waals surface area (Å²) in [5.41, 5.74) is 1.60. The molecule has 0 aliphatic heterocycles. The van der Waals surface area contributed by atoms with Gasteiger partial charge in [0.2, 0.25) is 5.91 Å². The molecule has 0 spiro atoms. The minimum absolute atomic E-state index is 0.0615. The Kier molecular flexibility index (Phi) is 5.26. The standard InChI is InChI=1S/C20H23FN2O/c1-23(16-11-12-16)14-20(24)22-19(13-15-7-3-2-4-8-15)17-9-5-6-10-18(17)21/h2-10,16,19H,11-14H2,1H3,(H,22,24). The van der Waals surface area contributed by atoms with Gasteiger partial charge in [-0.25, -0.2) is 4.39 Å². The van der Waals surface area contributed by atoms with Gasteiger partial charge in [-0.2, -0.15) is 0 Å². The van der Waals surface area contributed by atoms with E-state index in [2.05, 4.69) is 10.2 Å². The van der Waals surface area contributed by atoms with Crippen molar-refractivity contribution in [3.8, 4) is 0 Å². The molecule has 1 N–H and O–H groups in total. The van der Waals surface area contributed by atoms with Gasteiger partial charge in [0.15, 0.2) is 0 Å². The highest BCUT2D eigenvalue weighted by Gasteiger charge is 2.28. The monoisotopic (exact) mass is 326 g/mol. The van der Waals surface area contributed by atoms with Crippen LogP contribution in [0.1, 0.15) is 30.0 Å². The van der Waals surface area contributed by atoms with E-state index in [1.807, 2.05) is 37.4 Å². The predicted molar refractivity (Wildman–Crippen MR) is 93.1 cm³/mol. The van der Waals surface area contributed by atoms with Gasteiger partial charge in [0.05, 0.1) is 12.6 Å². The lowest BCUT2D eigenvalue weighted by molar-refractivity contribution is -0.122. The molecule has 0 radical (unpaired) electrons. The van der Waals surface area contributed by atoms with Crippen molar-refractivity contribution in [3.63, 3.8) is 0 Å². The van der Waals surface area contributed by atoms with Crippen LogP contribution in [-0.4, -0.2) is 30.4 Å². The molecule has 1 aliphatic carbocycles. The van der Waals surface area contributed by atoms with Gasteiger partial charge in [-0.05, 0) is 37.9 Å². The minimum Gasteiger partial charge on any atom is -0.348 e. The van der Waals surface area contributed by atoms with Crippen molar-refractivity contribution in [3.05, 3.63) is 71.5 Å². The number of hydrogen-bond donors (Lipinski definition) is 1. The number of hydrogen-bond acceptors (Lipinski definition) is 2. The van der Waals surface area contributed by atoms with E-state index >= 15 is 0 Å². The Hall–Kier alpha value is -2.20. The second kappa shape index (κ2) is 7.58. The molecular weight excluding hydrogens is 303 g/mol. The molecule has 3 rings (SSSR count). The van der Waals surface area contributed by atoms with E-state index in [-0.39, 0.29) is 17.8 Å². The maximum absolute atomic E-state index is 14.2. The number of nitrogens with zero attached hydrogens (tertiary/aromatic N) is 1. The molecule has 1 aliphatic rings. The first-order valence-electron chi connectivity index (χ1n) is 8.41. The lowest BCUT2D eigenvalue weighted by Gasteiger charge is -2.22. The Labute approximate surface area is 142 Å². The third-order valence-electron chi connectivity index (χ3n) is 4.46. The zero-order valence-electron chi connectivity index (χ0n) is 13.9. The van der Waals surface area contributed by atoms with Gasteiger partial charge in [-0.1, -0.05) is 48.5 Å². The number of benzene rings is 2. The maximum atomic E-state index is 14.2.